The van der Waals surface area contributed by atoms with Crippen molar-refractivity contribution in [2.24, 2.45) is 7.05 Å². The van der Waals surface area contributed by atoms with Gasteiger partial charge in [0.05, 0.1) is 10.8 Å². The summed E-state index contributed by atoms with van der Waals surface area (Å²) in [4.78, 5) is 12.5. The molecule has 1 heterocycles. The molecule has 0 saturated carbocycles. The number of para-hydroxylation sites is 1. The van der Waals surface area contributed by atoms with E-state index < -0.39 is 0 Å². The van der Waals surface area contributed by atoms with E-state index in [1.165, 1.54) is 11.8 Å². The van der Waals surface area contributed by atoms with Gasteiger partial charge in [0.25, 0.3) is 0 Å². The zero-order chi connectivity index (χ0) is 21.8. The molecule has 31 heavy (non-hydrogen) atoms. The van der Waals surface area contributed by atoms with Crippen LogP contribution in [0, 0.1) is 0 Å². The first-order chi connectivity index (χ1) is 15.0. The summed E-state index contributed by atoms with van der Waals surface area (Å²) in [6, 6.07) is 21.1. The number of hydrogen-bond acceptors (Lipinski definition) is 5. The summed E-state index contributed by atoms with van der Waals surface area (Å²) in [6.07, 6.45) is -0.351. The van der Waals surface area contributed by atoms with Crippen LogP contribution < -0.4 is 10.1 Å². The fourth-order valence-electron chi connectivity index (χ4n) is 3.24. The molecule has 0 radical (unpaired) electrons. The van der Waals surface area contributed by atoms with Gasteiger partial charge in [-0.3, -0.25) is 4.79 Å². The molecule has 6 nitrogen and oxygen atoms in total. The molecule has 0 unspecified atom stereocenters. The average Bonchev–Trinajstić information content (AvgIpc) is 3.14. The van der Waals surface area contributed by atoms with Crippen LogP contribution in [0.25, 0.3) is 10.8 Å². The highest BCUT2D eigenvalue weighted by molar-refractivity contribution is 7.99. The van der Waals surface area contributed by atoms with Crippen molar-refractivity contribution in [3.8, 4) is 5.75 Å². The van der Waals surface area contributed by atoms with Crippen molar-refractivity contribution < 1.29 is 9.53 Å². The molecule has 0 saturated heterocycles. The maximum atomic E-state index is 12.5. The van der Waals surface area contributed by atoms with Gasteiger partial charge in [-0.25, -0.2) is 0 Å². The summed E-state index contributed by atoms with van der Waals surface area (Å²) in [7, 11) is 1.85. The second kappa shape index (κ2) is 9.41. The fourth-order valence-corrected chi connectivity index (χ4v) is 4.14. The lowest BCUT2D eigenvalue weighted by molar-refractivity contribution is -0.113. The van der Waals surface area contributed by atoms with Crippen LogP contribution >= 0.6 is 23.4 Å². The molecule has 1 atom stereocenters. The van der Waals surface area contributed by atoms with Crippen molar-refractivity contribution in [3.63, 3.8) is 0 Å². The van der Waals surface area contributed by atoms with Gasteiger partial charge >= 0.3 is 0 Å². The summed E-state index contributed by atoms with van der Waals surface area (Å²) in [5.74, 6) is 1.35. The van der Waals surface area contributed by atoms with Crippen molar-refractivity contribution in [3.05, 3.63) is 77.6 Å². The van der Waals surface area contributed by atoms with E-state index in [-0.39, 0.29) is 17.8 Å². The molecule has 0 fully saturated rings. The zero-order valence-corrected chi connectivity index (χ0v) is 18.7. The van der Waals surface area contributed by atoms with Crippen molar-refractivity contribution in [1.29, 1.82) is 0 Å². The third kappa shape index (κ3) is 4.84. The Morgan fingerprint density at radius 2 is 1.84 bits per heavy atom. The van der Waals surface area contributed by atoms with Crippen LogP contribution in [0.2, 0.25) is 5.02 Å². The number of thioether (sulfide) groups is 1. The van der Waals surface area contributed by atoms with Crippen molar-refractivity contribution in [2.75, 3.05) is 11.1 Å². The number of carbonyl (C=O) groups excluding carboxylic acids is 1. The number of aromatic nitrogens is 3. The number of nitrogens with one attached hydrogen (secondary N) is 1. The Morgan fingerprint density at radius 3 is 2.68 bits per heavy atom. The number of nitrogens with zero attached hydrogens (tertiary/aromatic N) is 3. The first-order valence-corrected chi connectivity index (χ1v) is 11.1. The zero-order valence-electron chi connectivity index (χ0n) is 17.1. The van der Waals surface area contributed by atoms with E-state index in [1.54, 1.807) is 6.07 Å². The van der Waals surface area contributed by atoms with E-state index in [2.05, 4.69) is 15.5 Å². The van der Waals surface area contributed by atoms with E-state index in [1.807, 2.05) is 79.2 Å². The van der Waals surface area contributed by atoms with Gasteiger partial charge < -0.3 is 14.6 Å². The molecule has 3 aromatic carbocycles. The maximum absolute atomic E-state index is 12.5. The number of benzene rings is 3. The lowest BCUT2D eigenvalue weighted by atomic mass is 10.1. The standard InChI is InChI=1S/C23H21ClN4O2S/c1-15(30-20-13-6-5-11-18(20)24)22-26-27-23(28(22)2)31-14-21(29)25-19-12-7-9-16-8-3-4-10-17(16)19/h3-13,15H,14H2,1-2H3,(H,25,29)/t15-/m1/s1. The minimum atomic E-state index is -0.351. The highest BCUT2D eigenvalue weighted by Crippen LogP contribution is 2.29. The van der Waals surface area contributed by atoms with E-state index in [0.29, 0.717) is 21.8 Å². The highest BCUT2D eigenvalue weighted by Gasteiger charge is 2.19. The Hall–Kier alpha value is -3.03. The van der Waals surface area contributed by atoms with Gasteiger partial charge in [-0.05, 0) is 30.5 Å². The third-order valence-corrected chi connectivity index (χ3v) is 6.10. The molecule has 0 bridgehead atoms. The molecule has 8 heteroatoms. The monoisotopic (exact) mass is 452 g/mol. The quantitative estimate of drug-likeness (QED) is 0.375. The SMILES string of the molecule is C[C@@H](Oc1ccccc1Cl)c1nnc(SCC(=O)Nc2cccc3ccccc23)n1C. The molecule has 1 amide bonds. The number of hydrogen-bond donors (Lipinski definition) is 1. The van der Waals surface area contributed by atoms with Crippen LogP contribution in [-0.4, -0.2) is 26.4 Å². The number of carbonyl (C=O) groups is 1. The first-order valence-electron chi connectivity index (χ1n) is 9.74. The molecule has 1 N–H and O–H groups in total. The molecule has 4 aromatic rings. The predicted molar refractivity (Wildman–Crippen MR) is 125 cm³/mol. The maximum Gasteiger partial charge on any atom is 0.234 e. The molecule has 4 rings (SSSR count). The average molecular weight is 453 g/mol. The normalized spacial score (nSPS) is 12.0. The minimum absolute atomic E-state index is 0.105. The molecule has 0 aliphatic rings. The Labute approximate surface area is 189 Å². The molecule has 0 spiro atoms. The van der Waals surface area contributed by atoms with Crippen molar-refractivity contribution in [1.82, 2.24) is 14.8 Å². The molecular formula is C23H21ClN4O2S. The summed E-state index contributed by atoms with van der Waals surface area (Å²) >= 11 is 7.49. The molecule has 158 valence electrons. The largest absolute Gasteiger partial charge is 0.481 e. The van der Waals surface area contributed by atoms with Gasteiger partial charge in [0.2, 0.25) is 5.91 Å². The lowest BCUT2D eigenvalue weighted by Gasteiger charge is -2.15. The second-order valence-electron chi connectivity index (χ2n) is 6.95. The molecule has 0 aliphatic heterocycles. The van der Waals surface area contributed by atoms with E-state index in [0.717, 1.165) is 16.5 Å². The van der Waals surface area contributed by atoms with Gasteiger partial charge in [-0.2, -0.15) is 0 Å². The number of rotatable bonds is 7. The number of amides is 1. The van der Waals surface area contributed by atoms with E-state index in [9.17, 15) is 4.79 Å². The number of fused-ring (bicyclic) bond motifs is 1. The van der Waals surface area contributed by atoms with E-state index >= 15 is 0 Å². The first kappa shape index (κ1) is 21.2. The Bertz CT molecular complexity index is 1220. The third-order valence-electron chi connectivity index (χ3n) is 4.77. The minimum Gasteiger partial charge on any atom is -0.481 e. The second-order valence-corrected chi connectivity index (χ2v) is 8.30. The van der Waals surface area contributed by atoms with Crippen LogP contribution in [0.3, 0.4) is 0 Å². The predicted octanol–water partition coefficient (Wildman–Crippen LogP) is 5.49. The number of halogens is 1. The summed E-state index contributed by atoms with van der Waals surface area (Å²) in [5, 5.41) is 14.7. The fraction of sp³-hybridized carbons (Fsp3) is 0.174. The number of ether oxygens (including phenoxy) is 1. The van der Waals surface area contributed by atoms with Gasteiger partial charge in [-0.1, -0.05) is 71.9 Å². The summed E-state index contributed by atoms with van der Waals surface area (Å²) in [5.41, 5.74) is 0.795. The van der Waals surface area contributed by atoms with Gasteiger partial charge in [-0.15, -0.1) is 10.2 Å². The smallest absolute Gasteiger partial charge is 0.234 e. The molecule has 0 aliphatic carbocycles. The highest BCUT2D eigenvalue weighted by atomic mass is 35.5. The van der Waals surface area contributed by atoms with Crippen LogP contribution in [0.5, 0.6) is 5.75 Å². The molecule has 1 aromatic heterocycles. The Balaban J connectivity index is 1.39. The summed E-state index contributed by atoms with van der Waals surface area (Å²) in [6.45, 7) is 1.88. The van der Waals surface area contributed by atoms with Crippen molar-refractivity contribution in [2.45, 2.75) is 18.2 Å². The van der Waals surface area contributed by atoms with Gasteiger partial charge in [0, 0.05) is 18.1 Å². The van der Waals surface area contributed by atoms with Gasteiger partial charge in [0.1, 0.15) is 5.75 Å². The van der Waals surface area contributed by atoms with Crippen LogP contribution in [0.4, 0.5) is 5.69 Å². The van der Waals surface area contributed by atoms with E-state index in [4.69, 9.17) is 16.3 Å². The van der Waals surface area contributed by atoms with Crippen molar-refractivity contribution >= 4 is 45.7 Å². The lowest BCUT2D eigenvalue weighted by Crippen LogP contribution is -2.15. The topological polar surface area (TPSA) is 69.0 Å². The van der Waals surface area contributed by atoms with Gasteiger partial charge in [0.15, 0.2) is 17.1 Å². The molecular weight excluding hydrogens is 432 g/mol. The summed E-state index contributed by atoms with van der Waals surface area (Å²) < 4.78 is 7.76. The Morgan fingerprint density at radius 1 is 1.10 bits per heavy atom. The van der Waals surface area contributed by atoms with Crippen LogP contribution in [-0.2, 0) is 11.8 Å². The Kier molecular flexibility index (Phi) is 6.44. The van der Waals surface area contributed by atoms with Crippen LogP contribution in [0.1, 0.15) is 18.9 Å². The number of anilines is 1. The van der Waals surface area contributed by atoms with Crippen LogP contribution in [0.15, 0.2) is 71.9 Å².